The number of likely N-dealkylation sites (tertiary alicyclic amines) is 1. The highest BCUT2D eigenvalue weighted by atomic mass is 16.7. The number of amides is 1. The Hall–Kier alpha value is -2.37. The fraction of sp³-hybridized carbons (Fsp3) is 0.435. The molecule has 2 aromatic carbocycles. The van der Waals surface area contributed by atoms with Crippen molar-refractivity contribution in [3.8, 4) is 5.75 Å². The van der Waals surface area contributed by atoms with Gasteiger partial charge in [0.05, 0.1) is 0 Å². The molecule has 2 aliphatic heterocycles. The molecule has 1 amide bonds. The lowest BCUT2D eigenvalue weighted by Gasteiger charge is -2.33. The maximum absolute atomic E-state index is 12.7. The molecule has 2 heterocycles. The molecule has 28 heavy (non-hydrogen) atoms. The van der Waals surface area contributed by atoms with Crippen LogP contribution in [0.3, 0.4) is 0 Å². The van der Waals surface area contributed by atoms with Crippen LogP contribution in [-0.2, 0) is 16.0 Å². The van der Waals surface area contributed by atoms with Crippen molar-refractivity contribution in [2.45, 2.75) is 25.4 Å². The summed E-state index contributed by atoms with van der Waals surface area (Å²) in [5.41, 5.74) is 2.19. The van der Waals surface area contributed by atoms with Crippen LogP contribution in [0.15, 0.2) is 54.6 Å². The highest BCUT2D eigenvalue weighted by Gasteiger charge is 2.29. The number of carbonyl (C=O) groups is 1. The second kappa shape index (κ2) is 9.22. The maximum Gasteiger partial charge on any atom is 0.254 e. The van der Waals surface area contributed by atoms with E-state index >= 15 is 0 Å². The zero-order chi connectivity index (χ0) is 19.2. The minimum Gasteiger partial charge on any atom is -0.467 e. The van der Waals surface area contributed by atoms with Gasteiger partial charge in [-0.15, -0.1) is 0 Å². The molecule has 0 spiro atoms. The normalized spacial score (nSPS) is 22.1. The predicted molar refractivity (Wildman–Crippen MR) is 108 cm³/mol. The van der Waals surface area contributed by atoms with Gasteiger partial charge < -0.3 is 19.7 Å². The summed E-state index contributed by atoms with van der Waals surface area (Å²) in [6.07, 6.45) is 2.84. The van der Waals surface area contributed by atoms with Gasteiger partial charge in [0.1, 0.15) is 5.75 Å². The fourth-order valence-corrected chi connectivity index (χ4v) is 4.09. The Kier molecular flexibility index (Phi) is 6.24. The molecule has 0 aromatic heterocycles. The molecule has 5 heteroatoms. The van der Waals surface area contributed by atoms with E-state index in [1.54, 1.807) is 0 Å². The average Bonchev–Trinajstić information content (AvgIpc) is 2.77. The lowest BCUT2D eigenvalue weighted by atomic mass is 9.97. The molecule has 1 N–H and O–H groups in total. The van der Waals surface area contributed by atoms with Gasteiger partial charge in [0, 0.05) is 25.2 Å². The molecule has 4 rings (SSSR count). The van der Waals surface area contributed by atoms with E-state index in [-0.39, 0.29) is 12.7 Å². The van der Waals surface area contributed by atoms with Gasteiger partial charge in [0.15, 0.2) is 12.9 Å². The van der Waals surface area contributed by atoms with Crippen LogP contribution in [-0.4, -0.2) is 43.8 Å². The highest BCUT2D eigenvalue weighted by Crippen LogP contribution is 2.31. The minimum atomic E-state index is -0.581. The van der Waals surface area contributed by atoms with Gasteiger partial charge in [-0.05, 0) is 43.4 Å². The fourth-order valence-electron chi connectivity index (χ4n) is 4.09. The van der Waals surface area contributed by atoms with Crippen LogP contribution in [0.4, 0.5) is 0 Å². The number of para-hydroxylation sites is 1. The summed E-state index contributed by atoms with van der Waals surface area (Å²) in [7, 11) is 0. The number of nitrogens with one attached hydrogen (secondary N) is 1. The largest absolute Gasteiger partial charge is 0.467 e. The van der Waals surface area contributed by atoms with Crippen molar-refractivity contribution < 1.29 is 14.3 Å². The number of carbonyl (C=O) groups excluding carboxylic acids is 1. The molecule has 0 unspecified atom stereocenters. The summed E-state index contributed by atoms with van der Waals surface area (Å²) in [5.74, 6) is 1.15. The lowest BCUT2D eigenvalue weighted by Crippen LogP contribution is -2.43. The van der Waals surface area contributed by atoms with Crippen LogP contribution in [0.1, 0.15) is 30.1 Å². The molecule has 0 aliphatic carbocycles. The van der Waals surface area contributed by atoms with Crippen molar-refractivity contribution in [3.05, 3.63) is 65.7 Å². The summed E-state index contributed by atoms with van der Waals surface area (Å²) in [6.45, 7) is 4.08. The third-order valence-corrected chi connectivity index (χ3v) is 5.62. The maximum atomic E-state index is 12.7. The molecule has 2 aromatic rings. The summed E-state index contributed by atoms with van der Waals surface area (Å²) in [5, 5.41) is 3.11. The first kappa shape index (κ1) is 19.0. The number of piperidine rings is 1. The molecule has 1 saturated heterocycles. The molecule has 2 atom stereocenters. The Bertz CT molecular complexity index is 780. The van der Waals surface area contributed by atoms with Crippen LogP contribution in [0, 0.1) is 5.92 Å². The van der Waals surface area contributed by atoms with Crippen molar-refractivity contribution >= 4 is 5.91 Å². The van der Waals surface area contributed by atoms with E-state index in [4.69, 9.17) is 9.47 Å². The minimum absolute atomic E-state index is 0.0721. The van der Waals surface area contributed by atoms with Crippen molar-refractivity contribution in [2.75, 3.05) is 33.0 Å². The lowest BCUT2D eigenvalue weighted by molar-refractivity contribution is -0.142. The van der Waals surface area contributed by atoms with Crippen molar-refractivity contribution in [2.24, 2.45) is 5.92 Å². The van der Waals surface area contributed by atoms with E-state index in [0.717, 1.165) is 43.8 Å². The summed E-state index contributed by atoms with van der Waals surface area (Å²) < 4.78 is 11.0. The molecular formula is C23H28N2O3. The Morgan fingerprint density at radius 1 is 1.11 bits per heavy atom. The third kappa shape index (κ3) is 4.72. The topological polar surface area (TPSA) is 50.8 Å². The van der Waals surface area contributed by atoms with E-state index in [0.29, 0.717) is 12.5 Å². The van der Waals surface area contributed by atoms with Gasteiger partial charge in [0.2, 0.25) is 0 Å². The van der Waals surface area contributed by atoms with E-state index in [2.05, 4.69) is 40.5 Å². The van der Waals surface area contributed by atoms with Gasteiger partial charge >= 0.3 is 0 Å². The van der Waals surface area contributed by atoms with Gasteiger partial charge in [0.25, 0.3) is 5.91 Å². The monoisotopic (exact) mass is 380 g/mol. The Morgan fingerprint density at radius 3 is 2.82 bits per heavy atom. The first-order valence-corrected chi connectivity index (χ1v) is 10.2. The van der Waals surface area contributed by atoms with Gasteiger partial charge in [-0.1, -0.05) is 48.5 Å². The summed E-state index contributed by atoms with van der Waals surface area (Å²) >= 11 is 0. The summed E-state index contributed by atoms with van der Waals surface area (Å²) in [4.78, 5) is 15.2. The Labute approximate surface area is 166 Å². The molecule has 2 aliphatic rings. The molecule has 0 radical (unpaired) electrons. The number of rotatable bonds is 6. The van der Waals surface area contributed by atoms with E-state index in [1.807, 2.05) is 24.3 Å². The number of benzene rings is 2. The van der Waals surface area contributed by atoms with Crippen molar-refractivity contribution in [1.29, 1.82) is 0 Å². The van der Waals surface area contributed by atoms with Crippen LogP contribution < -0.4 is 10.1 Å². The standard InChI is InChI=1S/C23H28N2O3/c26-23(22-20-10-4-5-11-21(20)27-17-28-22)24-15-19-9-6-13-25(16-19)14-12-18-7-2-1-3-8-18/h1-5,7-8,10-11,19,22H,6,9,12-17H2,(H,24,26)/t19-,22+/m0/s1. The molecular weight excluding hydrogens is 352 g/mol. The van der Waals surface area contributed by atoms with E-state index in [1.165, 1.54) is 12.0 Å². The average molecular weight is 380 g/mol. The first-order chi connectivity index (χ1) is 13.8. The third-order valence-electron chi connectivity index (χ3n) is 5.62. The number of ether oxygens (including phenoxy) is 2. The van der Waals surface area contributed by atoms with Gasteiger partial charge in [-0.3, -0.25) is 4.79 Å². The number of fused-ring (bicyclic) bond motifs is 1. The number of nitrogens with zero attached hydrogens (tertiary/aromatic N) is 1. The number of hydrogen-bond donors (Lipinski definition) is 1. The Morgan fingerprint density at radius 2 is 1.93 bits per heavy atom. The van der Waals surface area contributed by atoms with Crippen molar-refractivity contribution in [3.63, 3.8) is 0 Å². The molecule has 1 fully saturated rings. The van der Waals surface area contributed by atoms with Crippen LogP contribution in [0.5, 0.6) is 5.75 Å². The quantitative estimate of drug-likeness (QED) is 0.836. The first-order valence-electron chi connectivity index (χ1n) is 10.2. The van der Waals surface area contributed by atoms with Crippen LogP contribution in [0.2, 0.25) is 0 Å². The van der Waals surface area contributed by atoms with E-state index < -0.39 is 6.10 Å². The molecule has 0 saturated carbocycles. The van der Waals surface area contributed by atoms with Crippen molar-refractivity contribution in [1.82, 2.24) is 10.2 Å². The van der Waals surface area contributed by atoms with Crippen LogP contribution in [0.25, 0.3) is 0 Å². The zero-order valence-corrected chi connectivity index (χ0v) is 16.2. The summed E-state index contributed by atoms with van der Waals surface area (Å²) in [6, 6.07) is 18.2. The molecule has 0 bridgehead atoms. The zero-order valence-electron chi connectivity index (χ0n) is 16.2. The van der Waals surface area contributed by atoms with E-state index in [9.17, 15) is 4.79 Å². The smallest absolute Gasteiger partial charge is 0.254 e. The second-order valence-electron chi connectivity index (χ2n) is 7.64. The number of hydrogen-bond acceptors (Lipinski definition) is 4. The predicted octanol–water partition coefficient (Wildman–Crippen LogP) is 3.17. The van der Waals surface area contributed by atoms with Crippen LogP contribution >= 0.6 is 0 Å². The second-order valence-corrected chi connectivity index (χ2v) is 7.64. The molecule has 148 valence electrons. The highest BCUT2D eigenvalue weighted by molar-refractivity contribution is 5.83. The SMILES string of the molecule is O=C(NC[C@@H]1CCCN(CCc2ccccc2)C1)[C@@H]1OCOc2ccccc21. The van der Waals surface area contributed by atoms with Gasteiger partial charge in [-0.2, -0.15) is 0 Å². The molecule has 5 nitrogen and oxygen atoms in total. The van der Waals surface area contributed by atoms with Gasteiger partial charge in [-0.25, -0.2) is 0 Å². The Balaban J connectivity index is 1.26.